The van der Waals surface area contributed by atoms with Crippen molar-refractivity contribution in [1.82, 2.24) is 9.88 Å². The molecule has 1 unspecified atom stereocenters. The Morgan fingerprint density at radius 3 is 2.46 bits per heavy atom. The second-order valence-electron chi connectivity index (χ2n) is 6.80. The molecule has 1 aliphatic heterocycles. The molecule has 0 radical (unpaired) electrons. The van der Waals surface area contributed by atoms with E-state index in [1.807, 2.05) is 0 Å². The Kier molecular flexibility index (Phi) is 5.15. The fraction of sp³-hybridized carbons (Fsp3) is 0.600. The minimum Gasteiger partial charge on any atom is -0.444 e. The number of ether oxygens (including phenoxy) is 1. The summed E-state index contributed by atoms with van der Waals surface area (Å²) in [4.78, 5) is 17.3. The third-order valence-corrected chi connectivity index (χ3v) is 4.60. The molecule has 0 N–H and O–H groups in total. The van der Waals surface area contributed by atoms with Crippen LogP contribution in [0.1, 0.15) is 44.9 Å². The number of alkyl halides is 3. The van der Waals surface area contributed by atoms with Gasteiger partial charge in [-0.25, -0.2) is 9.78 Å². The first kappa shape index (κ1) is 20.3. The Hall–Kier alpha value is -2.04. The van der Waals surface area contributed by atoms with Crippen molar-refractivity contribution in [2.75, 3.05) is 6.54 Å². The molecule has 7 nitrogen and oxygen atoms in total. The van der Waals surface area contributed by atoms with Crippen LogP contribution in [0.15, 0.2) is 12.3 Å². The van der Waals surface area contributed by atoms with Crippen molar-refractivity contribution >= 4 is 16.2 Å². The molecule has 1 atom stereocenters. The average molecular weight is 396 g/mol. The third kappa shape index (κ3) is 4.37. The number of fused-ring (bicyclic) bond motifs is 1. The molecule has 2 heterocycles. The van der Waals surface area contributed by atoms with Crippen molar-refractivity contribution in [3.63, 3.8) is 0 Å². The Morgan fingerprint density at radius 2 is 1.92 bits per heavy atom. The maximum Gasteiger partial charge on any atom is 0.534 e. The molecule has 146 valence electrons. The van der Waals surface area contributed by atoms with Crippen LogP contribution in [-0.4, -0.2) is 42.0 Å². The summed E-state index contributed by atoms with van der Waals surface area (Å²) in [7, 11) is -5.82. The fourth-order valence-corrected chi connectivity index (χ4v) is 2.86. The normalized spacial score (nSPS) is 18.3. The van der Waals surface area contributed by atoms with E-state index < -0.39 is 39.2 Å². The van der Waals surface area contributed by atoms with E-state index in [2.05, 4.69) is 9.17 Å². The van der Waals surface area contributed by atoms with Gasteiger partial charge in [0.25, 0.3) is 0 Å². The molecule has 0 spiro atoms. The number of carbonyl (C=O) groups is 1. The van der Waals surface area contributed by atoms with Gasteiger partial charge in [-0.3, -0.25) is 0 Å². The first-order chi connectivity index (χ1) is 11.7. The molecule has 0 fully saturated rings. The van der Waals surface area contributed by atoms with Crippen LogP contribution in [0.4, 0.5) is 18.0 Å². The van der Waals surface area contributed by atoms with Gasteiger partial charge in [0.2, 0.25) is 5.88 Å². The van der Waals surface area contributed by atoms with Gasteiger partial charge >= 0.3 is 21.7 Å². The largest absolute Gasteiger partial charge is 0.534 e. The minimum absolute atomic E-state index is 0.339. The number of nitrogens with zero attached hydrogens (tertiary/aromatic N) is 2. The van der Waals surface area contributed by atoms with Crippen molar-refractivity contribution < 1.29 is 35.3 Å². The van der Waals surface area contributed by atoms with Crippen LogP contribution in [0.2, 0.25) is 0 Å². The molecule has 1 aliphatic rings. The van der Waals surface area contributed by atoms with E-state index >= 15 is 0 Å². The smallest absolute Gasteiger partial charge is 0.444 e. The summed E-state index contributed by atoms with van der Waals surface area (Å²) in [6.45, 7) is 7.14. The lowest BCUT2D eigenvalue weighted by Gasteiger charge is -2.36. The highest BCUT2D eigenvalue weighted by molar-refractivity contribution is 7.87. The van der Waals surface area contributed by atoms with E-state index in [4.69, 9.17) is 4.74 Å². The van der Waals surface area contributed by atoms with Gasteiger partial charge in [-0.1, -0.05) is 0 Å². The first-order valence-corrected chi connectivity index (χ1v) is 9.11. The summed E-state index contributed by atoms with van der Waals surface area (Å²) in [5, 5.41) is 0. The third-order valence-electron chi connectivity index (χ3n) is 3.64. The standard InChI is InChI=1S/C15H19F3N2O5S/c1-9-11-7-12(25-26(22,23)15(16,17)18)19-8-10(11)5-6-20(9)13(21)24-14(2,3)4/h7-9H,5-6H2,1-4H3. The van der Waals surface area contributed by atoms with E-state index in [-0.39, 0.29) is 0 Å². The van der Waals surface area contributed by atoms with Crippen molar-refractivity contribution in [1.29, 1.82) is 0 Å². The summed E-state index contributed by atoms with van der Waals surface area (Å²) in [5.74, 6) is -0.709. The highest BCUT2D eigenvalue weighted by Gasteiger charge is 2.49. The van der Waals surface area contributed by atoms with Crippen LogP contribution in [0.25, 0.3) is 0 Å². The quantitative estimate of drug-likeness (QED) is 0.564. The number of carbonyl (C=O) groups excluding carboxylic acids is 1. The molecule has 0 saturated heterocycles. The maximum absolute atomic E-state index is 12.5. The average Bonchev–Trinajstić information content (AvgIpc) is 2.44. The molecule has 1 aromatic heterocycles. The number of amides is 1. The predicted molar refractivity (Wildman–Crippen MR) is 84.9 cm³/mol. The van der Waals surface area contributed by atoms with E-state index in [0.29, 0.717) is 24.1 Å². The molecule has 0 aromatic carbocycles. The summed E-state index contributed by atoms with van der Waals surface area (Å²) >= 11 is 0. The SMILES string of the molecule is CC1c2cc(OS(=O)(=O)C(F)(F)F)ncc2CCN1C(=O)OC(C)(C)C. The zero-order valence-corrected chi connectivity index (χ0v) is 15.4. The molecule has 11 heteroatoms. The lowest BCUT2D eigenvalue weighted by molar-refractivity contribution is -0.0501. The van der Waals surface area contributed by atoms with Gasteiger partial charge in [0.15, 0.2) is 0 Å². The van der Waals surface area contributed by atoms with Crippen LogP contribution in [0.5, 0.6) is 5.88 Å². The molecule has 0 aliphatic carbocycles. The maximum atomic E-state index is 12.5. The van der Waals surface area contributed by atoms with Gasteiger partial charge in [-0.05, 0) is 45.2 Å². The number of aromatic nitrogens is 1. The summed E-state index contributed by atoms with van der Waals surface area (Å²) in [6, 6.07) is 0.548. The van der Waals surface area contributed by atoms with Crippen LogP contribution in [0, 0.1) is 0 Å². The van der Waals surface area contributed by atoms with Crippen LogP contribution in [0.3, 0.4) is 0 Å². The lowest BCUT2D eigenvalue weighted by Crippen LogP contribution is -2.42. The Balaban J connectivity index is 2.28. The van der Waals surface area contributed by atoms with Gasteiger partial charge in [-0.2, -0.15) is 21.6 Å². The summed E-state index contributed by atoms with van der Waals surface area (Å²) < 4.78 is 69.0. The van der Waals surface area contributed by atoms with Gasteiger partial charge in [0.1, 0.15) is 5.60 Å². The topological polar surface area (TPSA) is 85.8 Å². The zero-order chi connectivity index (χ0) is 19.9. The molecule has 0 bridgehead atoms. The van der Waals surface area contributed by atoms with Crippen molar-refractivity contribution in [2.24, 2.45) is 0 Å². The Morgan fingerprint density at radius 1 is 1.31 bits per heavy atom. The molecule has 1 aromatic rings. The van der Waals surface area contributed by atoms with E-state index in [1.54, 1.807) is 27.7 Å². The summed E-state index contributed by atoms with van der Waals surface area (Å²) in [6.07, 6.45) is 1.08. The Bertz CT molecular complexity index is 802. The van der Waals surface area contributed by atoms with Crippen molar-refractivity contribution in [3.05, 3.63) is 23.4 Å². The number of halogens is 3. The van der Waals surface area contributed by atoms with E-state index in [9.17, 15) is 26.4 Å². The van der Waals surface area contributed by atoms with Crippen LogP contribution < -0.4 is 4.18 Å². The molecule has 26 heavy (non-hydrogen) atoms. The van der Waals surface area contributed by atoms with Gasteiger partial charge in [0, 0.05) is 18.8 Å². The van der Waals surface area contributed by atoms with Gasteiger partial charge < -0.3 is 13.8 Å². The molecule has 2 rings (SSSR count). The monoisotopic (exact) mass is 396 g/mol. The molecular formula is C15H19F3N2O5S. The molecule has 1 amide bonds. The first-order valence-electron chi connectivity index (χ1n) is 7.70. The second kappa shape index (κ2) is 6.60. The highest BCUT2D eigenvalue weighted by Crippen LogP contribution is 2.33. The van der Waals surface area contributed by atoms with Crippen molar-refractivity contribution in [3.8, 4) is 5.88 Å². The van der Waals surface area contributed by atoms with Gasteiger partial charge in [-0.15, -0.1) is 0 Å². The second-order valence-corrected chi connectivity index (χ2v) is 8.34. The fourth-order valence-electron chi connectivity index (χ4n) is 2.45. The lowest BCUT2D eigenvalue weighted by atomic mass is 9.96. The van der Waals surface area contributed by atoms with Crippen LogP contribution in [-0.2, 0) is 21.3 Å². The Labute approximate surface area is 149 Å². The highest BCUT2D eigenvalue weighted by atomic mass is 32.2. The molecule has 0 saturated carbocycles. The minimum atomic E-state index is -5.82. The number of hydrogen-bond donors (Lipinski definition) is 0. The van der Waals surface area contributed by atoms with Crippen molar-refractivity contribution in [2.45, 2.75) is 51.3 Å². The van der Waals surface area contributed by atoms with Gasteiger partial charge in [0.05, 0.1) is 6.04 Å². The predicted octanol–water partition coefficient (Wildman–Crippen LogP) is 3.16. The zero-order valence-electron chi connectivity index (χ0n) is 14.6. The summed E-state index contributed by atoms with van der Waals surface area (Å²) in [5.41, 5.74) is -5.12. The molecular weight excluding hydrogens is 377 g/mol. The number of rotatable bonds is 2. The van der Waals surface area contributed by atoms with E-state index in [0.717, 1.165) is 6.07 Å². The number of hydrogen-bond acceptors (Lipinski definition) is 6. The van der Waals surface area contributed by atoms with Crippen LogP contribution >= 0.6 is 0 Å². The van der Waals surface area contributed by atoms with E-state index in [1.165, 1.54) is 11.1 Å². The number of pyridine rings is 1.